The van der Waals surface area contributed by atoms with E-state index in [1.165, 1.54) is 6.92 Å². The molecule has 9 heteroatoms. The Hall–Kier alpha value is -1.22. The fourth-order valence-electron chi connectivity index (χ4n) is 3.01. The van der Waals surface area contributed by atoms with Crippen LogP contribution >= 0.6 is 11.3 Å². The Labute approximate surface area is 147 Å². The summed E-state index contributed by atoms with van der Waals surface area (Å²) in [5.41, 5.74) is 0. The third-order valence-electron chi connectivity index (χ3n) is 4.17. The van der Waals surface area contributed by atoms with E-state index in [2.05, 4.69) is 29.4 Å². The van der Waals surface area contributed by atoms with Crippen LogP contribution in [0.1, 0.15) is 40.5 Å². The topological polar surface area (TPSA) is 92.3 Å². The van der Waals surface area contributed by atoms with Gasteiger partial charge in [-0.25, -0.2) is 8.42 Å². The molecule has 1 fully saturated rings. The number of rotatable bonds is 6. The largest absolute Gasteiger partial charge is 0.360 e. The highest BCUT2D eigenvalue weighted by molar-refractivity contribution is 7.94. The van der Waals surface area contributed by atoms with Gasteiger partial charge in [0.05, 0.1) is 0 Å². The number of amides is 1. The van der Waals surface area contributed by atoms with Gasteiger partial charge in [0, 0.05) is 19.6 Å². The lowest BCUT2D eigenvalue weighted by Gasteiger charge is -2.36. The summed E-state index contributed by atoms with van der Waals surface area (Å²) < 4.78 is 25.3. The summed E-state index contributed by atoms with van der Waals surface area (Å²) in [5, 5.41) is 9.96. The van der Waals surface area contributed by atoms with E-state index in [4.69, 9.17) is 0 Å². The maximum atomic E-state index is 12.7. The molecule has 7 nitrogen and oxygen atoms in total. The highest BCUT2D eigenvalue weighted by Gasteiger charge is 2.37. The van der Waals surface area contributed by atoms with Gasteiger partial charge in [-0.15, -0.1) is 10.2 Å². The monoisotopic (exact) mass is 374 g/mol. The molecule has 0 saturated carbocycles. The van der Waals surface area contributed by atoms with Crippen molar-refractivity contribution in [2.75, 3.05) is 25.0 Å². The fourth-order valence-corrected chi connectivity index (χ4v) is 5.52. The van der Waals surface area contributed by atoms with Gasteiger partial charge in [-0.3, -0.25) is 4.79 Å². The Kier molecular flexibility index (Phi) is 6.19. The summed E-state index contributed by atoms with van der Waals surface area (Å²) in [4.78, 5) is 14.4. The molecular weight excluding hydrogens is 348 g/mol. The molecule has 1 aromatic rings. The van der Waals surface area contributed by atoms with Crippen LogP contribution in [0.2, 0.25) is 0 Å². The van der Waals surface area contributed by atoms with Crippen molar-refractivity contribution >= 4 is 32.2 Å². The zero-order valence-electron chi connectivity index (χ0n) is 14.7. The number of carbonyl (C=O) groups is 1. The molecular formula is C15H26N4O3S2. The van der Waals surface area contributed by atoms with Gasteiger partial charge in [-0.2, -0.15) is 0 Å². The molecule has 2 heterocycles. The van der Waals surface area contributed by atoms with Crippen LogP contribution in [-0.2, 0) is 14.6 Å². The zero-order chi connectivity index (χ0) is 17.9. The highest BCUT2D eigenvalue weighted by Crippen LogP contribution is 2.27. The Morgan fingerprint density at radius 3 is 2.54 bits per heavy atom. The summed E-state index contributed by atoms with van der Waals surface area (Å²) >= 11 is 0.981. The van der Waals surface area contributed by atoms with Crippen molar-refractivity contribution in [1.29, 1.82) is 0 Å². The van der Waals surface area contributed by atoms with E-state index in [1.807, 2.05) is 6.92 Å². The van der Waals surface area contributed by atoms with Crippen molar-refractivity contribution < 1.29 is 13.2 Å². The molecule has 1 amide bonds. The summed E-state index contributed by atoms with van der Waals surface area (Å²) in [6.07, 6.45) is 1.97. The van der Waals surface area contributed by atoms with Gasteiger partial charge in [0.25, 0.3) is 0 Å². The molecule has 0 aliphatic carbocycles. The lowest BCUT2D eigenvalue weighted by Crippen LogP contribution is -2.48. The molecule has 0 aromatic carbocycles. The smallest absolute Gasteiger partial charge is 0.241 e. The molecule has 1 aromatic heterocycles. The Morgan fingerprint density at radius 2 is 1.96 bits per heavy atom. The van der Waals surface area contributed by atoms with Crippen molar-refractivity contribution in [2.45, 2.75) is 50.1 Å². The lowest BCUT2D eigenvalue weighted by molar-refractivity contribution is -0.133. The number of nitrogens with one attached hydrogen (secondary N) is 1. The maximum absolute atomic E-state index is 12.7. The van der Waals surface area contributed by atoms with E-state index in [9.17, 15) is 13.2 Å². The number of anilines is 1. The van der Waals surface area contributed by atoms with Gasteiger partial charge >= 0.3 is 0 Å². The van der Waals surface area contributed by atoms with E-state index in [0.717, 1.165) is 24.2 Å². The number of nitrogens with zero attached hydrogens (tertiary/aromatic N) is 3. The molecule has 24 heavy (non-hydrogen) atoms. The van der Waals surface area contributed by atoms with E-state index < -0.39 is 15.1 Å². The van der Waals surface area contributed by atoms with Gasteiger partial charge in [0.1, 0.15) is 5.25 Å². The summed E-state index contributed by atoms with van der Waals surface area (Å²) in [7, 11) is -3.81. The minimum absolute atomic E-state index is 0.0972. The number of hydrogen-bond donors (Lipinski definition) is 1. The molecule has 136 valence electrons. The minimum atomic E-state index is -3.81. The van der Waals surface area contributed by atoms with Crippen molar-refractivity contribution in [1.82, 2.24) is 15.1 Å². The molecule has 1 aliphatic heterocycles. The first-order valence-corrected chi connectivity index (χ1v) is 10.7. The Bertz CT molecular complexity index is 664. The van der Waals surface area contributed by atoms with E-state index in [-0.39, 0.29) is 10.2 Å². The number of likely N-dealkylation sites (tertiary alicyclic amines) is 1. The average Bonchev–Trinajstić information content (AvgIpc) is 3.00. The van der Waals surface area contributed by atoms with Crippen molar-refractivity contribution in [3.63, 3.8) is 0 Å². The van der Waals surface area contributed by atoms with Crippen LogP contribution in [0, 0.1) is 11.8 Å². The second-order valence-electron chi connectivity index (χ2n) is 6.68. The first-order valence-electron chi connectivity index (χ1n) is 8.35. The zero-order valence-corrected chi connectivity index (χ0v) is 16.3. The average molecular weight is 375 g/mol. The van der Waals surface area contributed by atoms with Crippen LogP contribution < -0.4 is 5.32 Å². The molecule has 0 bridgehead atoms. The second kappa shape index (κ2) is 7.77. The van der Waals surface area contributed by atoms with Crippen LogP contribution in [0.3, 0.4) is 0 Å². The second-order valence-corrected chi connectivity index (χ2v) is 10.1. The van der Waals surface area contributed by atoms with Crippen molar-refractivity contribution in [2.24, 2.45) is 11.8 Å². The highest BCUT2D eigenvalue weighted by atomic mass is 32.2. The fraction of sp³-hybridized carbons (Fsp3) is 0.800. The Balaban J connectivity index is 2.13. The van der Waals surface area contributed by atoms with Crippen LogP contribution in [-0.4, -0.2) is 54.3 Å². The Morgan fingerprint density at radius 1 is 1.33 bits per heavy atom. The van der Waals surface area contributed by atoms with Gasteiger partial charge in [-0.05, 0) is 31.6 Å². The summed E-state index contributed by atoms with van der Waals surface area (Å²) in [6, 6.07) is 0. The predicted molar refractivity (Wildman–Crippen MR) is 94.9 cm³/mol. The van der Waals surface area contributed by atoms with Crippen LogP contribution in [0.5, 0.6) is 0 Å². The quantitative estimate of drug-likeness (QED) is 0.819. The number of sulfone groups is 1. The molecule has 3 atom stereocenters. The third kappa shape index (κ3) is 4.24. The molecule has 2 rings (SSSR count). The summed E-state index contributed by atoms with van der Waals surface area (Å²) in [6.45, 7) is 9.56. The van der Waals surface area contributed by atoms with E-state index >= 15 is 0 Å². The van der Waals surface area contributed by atoms with Gasteiger partial charge in [0.15, 0.2) is 0 Å². The first kappa shape index (κ1) is 19.1. The third-order valence-corrected chi connectivity index (χ3v) is 7.49. The number of piperidine rings is 1. The molecule has 3 unspecified atom stereocenters. The lowest BCUT2D eigenvalue weighted by atomic mass is 9.92. The normalized spacial score (nSPS) is 23.1. The standard InChI is InChI=1S/C15H26N4O3S2/c1-5-6-16-14-17-18-15(23-14)24(21,22)12(4)13(20)19-8-10(2)7-11(3)9-19/h10-12H,5-9H2,1-4H3,(H,16,17). The van der Waals surface area contributed by atoms with Crippen LogP contribution in [0.25, 0.3) is 0 Å². The van der Waals surface area contributed by atoms with Gasteiger partial charge in [0.2, 0.25) is 25.2 Å². The van der Waals surface area contributed by atoms with Crippen LogP contribution in [0.15, 0.2) is 4.34 Å². The molecule has 0 radical (unpaired) electrons. The molecule has 1 aliphatic rings. The number of hydrogen-bond acceptors (Lipinski definition) is 7. The first-order chi connectivity index (χ1) is 11.3. The van der Waals surface area contributed by atoms with Crippen LogP contribution in [0.4, 0.5) is 5.13 Å². The van der Waals surface area contributed by atoms with Crippen molar-refractivity contribution in [3.8, 4) is 0 Å². The SMILES string of the molecule is CCCNc1nnc(S(=O)(=O)C(C)C(=O)N2CC(C)CC(C)C2)s1. The maximum Gasteiger partial charge on any atom is 0.241 e. The minimum Gasteiger partial charge on any atom is -0.360 e. The van der Waals surface area contributed by atoms with Gasteiger partial charge < -0.3 is 10.2 Å². The molecule has 1 saturated heterocycles. The van der Waals surface area contributed by atoms with Gasteiger partial charge in [-0.1, -0.05) is 32.1 Å². The molecule has 0 spiro atoms. The number of aromatic nitrogens is 2. The van der Waals surface area contributed by atoms with Crippen molar-refractivity contribution in [3.05, 3.63) is 0 Å². The summed E-state index contributed by atoms with van der Waals surface area (Å²) in [5.74, 6) is 0.435. The predicted octanol–water partition coefficient (Wildman–Crippen LogP) is 2.03. The number of carbonyl (C=O) groups excluding carboxylic acids is 1. The van der Waals surface area contributed by atoms with E-state index in [0.29, 0.717) is 36.6 Å². The molecule has 1 N–H and O–H groups in total. The van der Waals surface area contributed by atoms with E-state index in [1.54, 1.807) is 4.90 Å².